The van der Waals surface area contributed by atoms with Crippen molar-refractivity contribution < 1.29 is 9.47 Å². The molecule has 3 rings (SSSR count). The second-order valence-corrected chi connectivity index (χ2v) is 6.84. The molecule has 0 radical (unpaired) electrons. The first kappa shape index (κ1) is 20.0. The number of methoxy groups -OCH3 is 1. The van der Waals surface area contributed by atoms with E-state index in [1.54, 1.807) is 7.11 Å². The Morgan fingerprint density at radius 3 is 2.75 bits per heavy atom. The topological polar surface area (TPSA) is 72.7 Å². The molecule has 0 saturated heterocycles. The molecule has 7 heteroatoms. The second kappa shape index (κ2) is 10.0. The Labute approximate surface area is 167 Å². The van der Waals surface area contributed by atoms with E-state index < -0.39 is 0 Å². The molecule has 0 unspecified atom stereocenters. The molecule has 1 fully saturated rings. The van der Waals surface area contributed by atoms with E-state index in [-0.39, 0.29) is 0 Å². The first-order valence-electron chi connectivity index (χ1n) is 10.1. The Balaban J connectivity index is 1.68. The predicted octanol–water partition coefficient (Wildman–Crippen LogP) is 3.98. The molecule has 7 nitrogen and oxygen atoms in total. The fourth-order valence-electron chi connectivity index (χ4n) is 3.46. The Morgan fingerprint density at radius 1 is 1.21 bits per heavy atom. The van der Waals surface area contributed by atoms with Gasteiger partial charge in [0.1, 0.15) is 0 Å². The highest BCUT2D eigenvalue weighted by Gasteiger charge is 2.17. The lowest BCUT2D eigenvalue weighted by molar-refractivity contribution is 0.311. The van der Waals surface area contributed by atoms with Crippen LogP contribution in [-0.2, 0) is 6.54 Å². The Morgan fingerprint density at radius 2 is 2.04 bits per heavy atom. The van der Waals surface area contributed by atoms with Gasteiger partial charge in [-0.2, -0.15) is 5.10 Å². The van der Waals surface area contributed by atoms with Gasteiger partial charge in [-0.25, -0.2) is 4.99 Å². The number of hydrogen-bond acceptors (Lipinski definition) is 4. The fraction of sp³-hybridized carbons (Fsp3) is 0.524. The smallest absolute Gasteiger partial charge is 0.196 e. The minimum Gasteiger partial charge on any atom is -0.493 e. The largest absolute Gasteiger partial charge is 0.493 e. The molecule has 1 heterocycles. The van der Waals surface area contributed by atoms with E-state index in [4.69, 9.17) is 14.6 Å². The van der Waals surface area contributed by atoms with Crippen LogP contribution < -0.4 is 20.1 Å². The van der Waals surface area contributed by atoms with Gasteiger partial charge in [-0.3, -0.25) is 4.68 Å². The van der Waals surface area contributed by atoms with Gasteiger partial charge in [0.15, 0.2) is 17.5 Å². The number of anilines is 1. The highest BCUT2D eigenvalue weighted by molar-refractivity contribution is 5.93. The van der Waals surface area contributed by atoms with Crippen LogP contribution >= 0.6 is 0 Å². The number of nitrogens with one attached hydrogen (secondary N) is 2. The molecule has 0 atom stereocenters. The van der Waals surface area contributed by atoms with E-state index in [1.165, 1.54) is 25.7 Å². The van der Waals surface area contributed by atoms with Crippen molar-refractivity contribution in [1.82, 2.24) is 15.1 Å². The van der Waals surface area contributed by atoms with Crippen LogP contribution in [0.2, 0.25) is 0 Å². The number of hydrogen-bond donors (Lipinski definition) is 2. The number of ether oxygens (including phenoxy) is 2. The van der Waals surface area contributed by atoms with Gasteiger partial charge in [0.2, 0.25) is 0 Å². The maximum absolute atomic E-state index is 5.65. The maximum Gasteiger partial charge on any atom is 0.196 e. The fourth-order valence-corrected chi connectivity index (χ4v) is 3.46. The summed E-state index contributed by atoms with van der Waals surface area (Å²) in [6.45, 7) is 5.89. The van der Waals surface area contributed by atoms with Gasteiger partial charge < -0.3 is 20.1 Å². The minimum absolute atomic E-state index is 0.531. The summed E-state index contributed by atoms with van der Waals surface area (Å²) in [6.07, 6.45) is 7.15. The minimum atomic E-state index is 0.531. The van der Waals surface area contributed by atoms with Crippen molar-refractivity contribution in [3.63, 3.8) is 0 Å². The lowest BCUT2D eigenvalue weighted by Gasteiger charge is -2.14. The lowest BCUT2D eigenvalue weighted by Crippen LogP contribution is -2.30. The van der Waals surface area contributed by atoms with E-state index in [9.17, 15) is 0 Å². The molecule has 1 saturated carbocycles. The third kappa shape index (κ3) is 5.18. The molecule has 0 aliphatic heterocycles. The third-order valence-electron chi connectivity index (χ3n) is 4.83. The summed E-state index contributed by atoms with van der Waals surface area (Å²) < 4.78 is 13.1. The van der Waals surface area contributed by atoms with Crippen molar-refractivity contribution in [2.24, 2.45) is 4.99 Å². The Kier molecular flexibility index (Phi) is 7.17. The van der Waals surface area contributed by atoms with E-state index in [0.717, 1.165) is 17.9 Å². The van der Waals surface area contributed by atoms with Crippen molar-refractivity contribution >= 4 is 11.6 Å². The SMILES string of the molecule is CCNC(=NCc1ccn(C2CCCC2)n1)Nc1ccc(OC)c(OCC)c1. The van der Waals surface area contributed by atoms with Crippen LogP contribution in [-0.4, -0.2) is 36.0 Å². The normalized spacial score (nSPS) is 14.9. The molecule has 1 aliphatic rings. The van der Waals surface area contributed by atoms with Gasteiger partial charge >= 0.3 is 0 Å². The number of rotatable bonds is 8. The molecule has 28 heavy (non-hydrogen) atoms. The predicted molar refractivity (Wildman–Crippen MR) is 112 cm³/mol. The molecule has 0 spiro atoms. The van der Waals surface area contributed by atoms with Crippen molar-refractivity contribution in [2.75, 3.05) is 25.6 Å². The molecule has 0 amide bonds. The average Bonchev–Trinajstić information content (AvgIpc) is 3.38. The molecule has 1 aromatic carbocycles. The van der Waals surface area contributed by atoms with Crippen LogP contribution in [0.4, 0.5) is 5.69 Å². The zero-order valence-electron chi connectivity index (χ0n) is 17.1. The number of nitrogens with zero attached hydrogens (tertiary/aromatic N) is 3. The van der Waals surface area contributed by atoms with E-state index in [0.29, 0.717) is 36.7 Å². The molecule has 2 N–H and O–H groups in total. The van der Waals surface area contributed by atoms with Crippen LogP contribution in [0.15, 0.2) is 35.5 Å². The molecule has 2 aromatic rings. The number of aromatic nitrogens is 2. The van der Waals surface area contributed by atoms with Crippen LogP contribution in [0.25, 0.3) is 0 Å². The standard InChI is InChI=1S/C21H31N5O2/c1-4-22-21(24-16-10-11-19(27-3)20(14-16)28-5-2)23-15-17-12-13-26(25-17)18-8-6-7-9-18/h10-14,18H,4-9,15H2,1-3H3,(H2,22,23,24). The van der Waals surface area contributed by atoms with Gasteiger partial charge in [-0.05, 0) is 44.9 Å². The molecule has 152 valence electrons. The van der Waals surface area contributed by atoms with Gasteiger partial charge in [-0.15, -0.1) is 0 Å². The summed E-state index contributed by atoms with van der Waals surface area (Å²) in [4.78, 5) is 4.68. The van der Waals surface area contributed by atoms with Crippen LogP contribution in [0.5, 0.6) is 11.5 Å². The maximum atomic E-state index is 5.65. The zero-order valence-corrected chi connectivity index (χ0v) is 17.1. The van der Waals surface area contributed by atoms with E-state index >= 15 is 0 Å². The Bertz CT molecular complexity index is 781. The molecular formula is C21H31N5O2. The summed E-state index contributed by atoms with van der Waals surface area (Å²) in [5.41, 5.74) is 1.87. The lowest BCUT2D eigenvalue weighted by atomic mass is 10.2. The van der Waals surface area contributed by atoms with Crippen molar-refractivity contribution in [3.05, 3.63) is 36.2 Å². The number of guanidine groups is 1. The van der Waals surface area contributed by atoms with Gasteiger partial charge in [0.25, 0.3) is 0 Å². The molecular weight excluding hydrogens is 354 g/mol. The monoisotopic (exact) mass is 385 g/mol. The first-order valence-corrected chi connectivity index (χ1v) is 10.1. The number of benzene rings is 1. The average molecular weight is 386 g/mol. The van der Waals surface area contributed by atoms with E-state index in [1.807, 2.05) is 32.0 Å². The summed E-state index contributed by atoms with van der Waals surface area (Å²) >= 11 is 0. The summed E-state index contributed by atoms with van der Waals surface area (Å²) in [5.74, 6) is 2.14. The van der Waals surface area contributed by atoms with Crippen molar-refractivity contribution in [2.45, 2.75) is 52.1 Å². The van der Waals surface area contributed by atoms with Crippen LogP contribution in [0, 0.1) is 0 Å². The Hall–Kier alpha value is -2.70. The van der Waals surface area contributed by atoms with Gasteiger partial charge in [-0.1, -0.05) is 12.8 Å². The van der Waals surface area contributed by atoms with Gasteiger partial charge in [0, 0.05) is 24.5 Å². The zero-order chi connectivity index (χ0) is 19.8. The van der Waals surface area contributed by atoms with Crippen molar-refractivity contribution in [1.29, 1.82) is 0 Å². The first-order chi connectivity index (χ1) is 13.7. The third-order valence-corrected chi connectivity index (χ3v) is 4.83. The summed E-state index contributed by atoms with van der Waals surface area (Å²) in [7, 11) is 1.64. The summed E-state index contributed by atoms with van der Waals surface area (Å²) in [5, 5.41) is 11.3. The van der Waals surface area contributed by atoms with E-state index in [2.05, 4.69) is 32.6 Å². The quantitative estimate of drug-likeness (QED) is 0.531. The number of aliphatic imine (C=N–C) groups is 1. The van der Waals surface area contributed by atoms with Crippen LogP contribution in [0.1, 0.15) is 51.3 Å². The molecule has 1 aromatic heterocycles. The van der Waals surface area contributed by atoms with Crippen molar-refractivity contribution in [3.8, 4) is 11.5 Å². The van der Waals surface area contributed by atoms with Crippen LogP contribution in [0.3, 0.4) is 0 Å². The molecule has 1 aliphatic carbocycles. The highest BCUT2D eigenvalue weighted by atomic mass is 16.5. The summed E-state index contributed by atoms with van der Waals surface area (Å²) in [6, 6.07) is 8.37. The molecule has 0 bridgehead atoms. The van der Waals surface area contributed by atoms with Gasteiger partial charge in [0.05, 0.1) is 32.0 Å². The second-order valence-electron chi connectivity index (χ2n) is 6.84. The highest BCUT2D eigenvalue weighted by Crippen LogP contribution is 2.30.